The number of hydrogen-bond acceptors (Lipinski definition) is 4. The highest BCUT2D eigenvalue weighted by atomic mass is 16.7. The zero-order valence-electron chi connectivity index (χ0n) is 22.3. The molecule has 1 spiro atoms. The zero-order valence-corrected chi connectivity index (χ0v) is 22.3. The number of ether oxygens (including phenoxy) is 2. The summed E-state index contributed by atoms with van der Waals surface area (Å²) in [5, 5.41) is 4.39. The van der Waals surface area contributed by atoms with Gasteiger partial charge in [-0.25, -0.2) is 0 Å². The van der Waals surface area contributed by atoms with Crippen LogP contribution in [0, 0.1) is 45.3 Å². The number of fused-ring (bicyclic) bond motifs is 2. The maximum absolute atomic E-state index is 14.1. The fourth-order valence-corrected chi connectivity index (χ4v) is 11.8. The highest BCUT2D eigenvalue weighted by molar-refractivity contribution is 5.85. The molecular formula is C30H47NO3. The average Bonchev–Trinajstić information content (AvgIpc) is 3.48. The second-order valence-electron chi connectivity index (χ2n) is 14.8. The quantitative estimate of drug-likeness (QED) is 0.546. The summed E-state index contributed by atoms with van der Waals surface area (Å²) in [6.45, 7) is 12.3. The third kappa shape index (κ3) is 2.45. The van der Waals surface area contributed by atoms with E-state index < -0.39 is 11.2 Å². The molecule has 190 valence electrons. The van der Waals surface area contributed by atoms with Crippen molar-refractivity contribution in [2.24, 2.45) is 45.3 Å². The van der Waals surface area contributed by atoms with E-state index in [-0.39, 0.29) is 11.5 Å². The molecule has 4 heteroatoms. The Morgan fingerprint density at radius 3 is 2.62 bits per heavy atom. The Bertz CT molecular complexity index is 903. The van der Waals surface area contributed by atoms with E-state index in [1.165, 1.54) is 44.9 Å². The summed E-state index contributed by atoms with van der Waals surface area (Å²) < 4.78 is 12.4. The lowest BCUT2D eigenvalue weighted by molar-refractivity contribution is -0.283. The van der Waals surface area contributed by atoms with Crippen LogP contribution in [0.3, 0.4) is 0 Å². The van der Waals surface area contributed by atoms with E-state index in [1.807, 2.05) is 6.92 Å². The number of ketones is 1. The number of piperidine rings is 2. The number of Topliss-reactive ketones (excluding diaryl/α,β-unsaturated/α-hetero) is 1. The molecule has 0 amide bonds. The number of rotatable bonds is 5. The lowest BCUT2D eigenvalue weighted by Gasteiger charge is -2.76. The van der Waals surface area contributed by atoms with Gasteiger partial charge in [-0.2, -0.15) is 0 Å². The zero-order chi connectivity index (χ0) is 23.7. The highest BCUT2D eigenvalue weighted by Gasteiger charge is 2.79. The molecule has 4 heterocycles. The molecule has 8 aliphatic rings. The predicted octanol–water partition coefficient (Wildman–Crippen LogP) is 5.88. The third-order valence-electron chi connectivity index (χ3n) is 13.5. The van der Waals surface area contributed by atoms with Crippen LogP contribution in [0.5, 0.6) is 0 Å². The van der Waals surface area contributed by atoms with Gasteiger partial charge in [-0.3, -0.25) is 4.79 Å². The van der Waals surface area contributed by atoms with Gasteiger partial charge in [0.1, 0.15) is 5.78 Å². The summed E-state index contributed by atoms with van der Waals surface area (Å²) in [7, 11) is 0. The first-order chi connectivity index (χ1) is 16.1. The summed E-state index contributed by atoms with van der Waals surface area (Å²) in [4.78, 5) is 14.1. The van der Waals surface area contributed by atoms with E-state index in [0.29, 0.717) is 41.6 Å². The first kappa shape index (κ1) is 22.7. The molecule has 4 saturated carbocycles. The Hall–Kier alpha value is -0.450. The molecule has 8 bridgehead atoms. The van der Waals surface area contributed by atoms with E-state index in [0.717, 1.165) is 43.1 Å². The van der Waals surface area contributed by atoms with Crippen molar-refractivity contribution in [3.8, 4) is 0 Å². The average molecular weight is 470 g/mol. The van der Waals surface area contributed by atoms with Gasteiger partial charge in [0.15, 0.2) is 5.79 Å². The van der Waals surface area contributed by atoms with Crippen LogP contribution in [0.2, 0.25) is 0 Å². The van der Waals surface area contributed by atoms with Crippen molar-refractivity contribution in [3.63, 3.8) is 0 Å². The molecule has 4 aliphatic heterocycles. The Morgan fingerprint density at radius 2 is 1.82 bits per heavy atom. The largest absolute Gasteiger partial charge is 0.349 e. The second kappa shape index (κ2) is 6.90. The molecule has 4 nitrogen and oxygen atoms in total. The van der Waals surface area contributed by atoms with Gasteiger partial charge in [-0.05, 0) is 105 Å². The molecule has 1 N–H and O–H groups in total. The molecule has 34 heavy (non-hydrogen) atoms. The van der Waals surface area contributed by atoms with E-state index in [1.54, 1.807) is 0 Å². The Balaban J connectivity index is 1.25. The van der Waals surface area contributed by atoms with E-state index in [2.05, 4.69) is 33.0 Å². The van der Waals surface area contributed by atoms with Crippen LogP contribution in [0.4, 0.5) is 0 Å². The van der Waals surface area contributed by atoms with Crippen LogP contribution in [0.25, 0.3) is 0 Å². The minimum atomic E-state index is -0.480. The van der Waals surface area contributed by atoms with Gasteiger partial charge in [0.05, 0.1) is 18.1 Å². The van der Waals surface area contributed by atoms with Crippen LogP contribution in [-0.4, -0.2) is 36.4 Å². The normalized spacial score (nSPS) is 59.0. The van der Waals surface area contributed by atoms with Crippen molar-refractivity contribution in [3.05, 3.63) is 0 Å². The summed E-state index contributed by atoms with van der Waals surface area (Å²) >= 11 is 0. The summed E-state index contributed by atoms with van der Waals surface area (Å²) in [6, 6.07) is 1.33. The molecular weight excluding hydrogens is 422 g/mol. The lowest BCUT2D eigenvalue weighted by atomic mass is 9.33. The minimum Gasteiger partial charge on any atom is -0.349 e. The molecule has 8 fully saturated rings. The van der Waals surface area contributed by atoms with Crippen LogP contribution in [-0.2, 0) is 14.3 Å². The molecule has 0 aromatic carbocycles. The fourth-order valence-electron chi connectivity index (χ4n) is 11.8. The molecule has 4 aliphatic carbocycles. The topological polar surface area (TPSA) is 47.6 Å². The molecule has 0 radical (unpaired) electrons. The van der Waals surface area contributed by atoms with Gasteiger partial charge < -0.3 is 14.8 Å². The highest BCUT2D eigenvalue weighted by Crippen LogP contribution is 2.81. The monoisotopic (exact) mass is 469 g/mol. The van der Waals surface area contributed by atoms with Crippen molar-refractivity contribution >= 4 is 5.78 Å². The van der Waals surface area contributed by atoms with E-state index in [4.69, 9.17) is 9.47 Å². The third-order valence-corrected chi connectivity index (χ3v) is 13.5. The standard InChI is InChI=1S/C30H47NO3/c1-18(2)19-8-13-27(4)20-9-15-29-12-6-7-21(29)30(27,24(19)31-25(20)29)16-10-22(32)26(3)17-33-28(5)14-11-23(26)34-28/h18-21,23-25,31H,6-17H2,1-5H3/t19-,20-,21-,23+,24+,25?,26+,27+,28-,29-,30+/m1/s1. The smallest absolute Gasteiger partial charge is 0.166 e. The number of carbonyl (C=O) groups excluding carboxylic acids is 1. The van der Waals surface area contributed by atoms with Crippen molar-refractivity contribution in [2.45, 2.75) is 129 Å². The van der Waals surface area contributed by atoms with Crippen molar-refractivity contribution in [1.29, 1.82) is 0 Å². The maximum Gasteiger partial charge on any atom is 0.166 e. The van der Waals surface area contributed by atoms with Crippen molar-refractivity contribution < 1.29 is 14.3 Å². The first-order valence-electron chi connectivity index (χ1n) is 14.7. The van der Waals surface area contributed by atoms with Gasteiger partial charge in [-0.1, -0.05) is 27.2 Å². The van der Waals surface area contributed by atoms with Crippen LogP contribution >= 0.6 is 0 Å². The molecule has 1 unspecified atom stereocenters. The van der Waals surface area contributed by atoms with Crippen LogP contribution in [0.15, 0.2) is 0 Å². The van der Waals surface area contributed by atoms with Gasteiger partial charge in [0.25, 0.3) is 0 Å². The summed E-state index contributed by atoms with van der Waals surface area (Å²) in [5.41, 5.74) is 0.711. The lowest BCUT2D eigenvalue weighted by Crippen LogP contribution is -2.80. The predicted molar refractivity (Wildman–Crippen MR) is 132 cm³/mol. The Kier molecular flexibility index (Phi) is 4.61. The number of hydrogen-bond donors (Lipinski definition) is 1. The fraction of sp³-hybridized carbons (Fsp3) is 0.967. The SMILES string of the molecule is CC(C)[C@H]1CC[C@@]2(C)[C@@H]3CC[C@]45CCC[C@H]4[C@@]2(CCC(=O)[C@]2(C)CO[C@@]4(C)CC[C@@H]2O4)[C@H]1NC35. The summed E-state index contributed by atoms with van der Waals surface area (Å²) in [5.74, 6) is 3.03. The second-order valence-corrected chi connectivity index (χ2v) is 14.8. The number of nitrogens with one attached hydrogen (secondary N) is 1. The maximum atomic E-state index is 14.1. The molecule has 8 rings (SSSR count). The van der Waals surface area contributed by atoms with Gasteiger partial charge >= 0.3 is 0 Å². The molecule has 0 aromatic rings. The van der Waals surface area contributed by atoms with Crippen molar-refractivity contribution in [2.75, 3.05) is 6.61 Å². The number of carbonyl (C=O) groups is 1. The van der Waals surface area contributed by atoms with Gasteiger partial charge in [0.2, 0.25) is 0 Å². The van der Waals surface area contributed by atoms with Gasteiger partial charge in [-0.15, -0.1) is 0 Å². The molecule has 0 aromatic heterocycles. The first-order valence-corrected chi connectivity index (χ1v) is 14.7. The molecule has 4 saturated heterocycles. The summed E-state index contributed by atoms with van der Waals surface area (Å²) in [6.07, 6.45) is 13.5. The minimum absolute atomic E-state index is 0.0315. The van der Waals surface area contributed by atoms with Crippen molar-refractivity contribution in [1.82, 2.24) is 5.32 Å². The van der Waals surface area contributed by atoms with Crippen LogP contribution in [0.1, 0.15) is 105 Å². The molecule has 11 atom stereocenters. The Morgan fingerprint density at radius 1 is 1.00 bits per heavy atom. The Labute approximate surface area is 206 Å². The van der Waals surface area contributed by atoms with Gasteiger partial charge in [0, 0.05) is 24.9 Å². The van der Waals surface area contributed by atoms with Crippen LogP contribution < -0.4 is 5.32 Å². The van der Waals surface area contributed by atoms with E-state index >= 15 is 0 Å². The van der Waals surface area contributed by atoms with E-state index in [9.17, 15) is 4.79 Å².